The van der Waals surface area contributed by atoms with Crippen molar-refractivity contribution in [3.05, 3.63) is 0 Å². The van der Waals surface area contributed by atoms with Gasteiger partial charge in [-0.3, -0.25) is 0 Å². The standard InChI is InChI=1S/C4H9O4/c5-3-1-2-4(6,7)8/h6-8H,1-3H2. The number of rotatable bonds is 3. The maximum absolute atomic E-state index is 9.64. The van der Waals surface area contributed by atoms with Crippen LogP contribution in [0.1, 0.15) is 12.8 Å². The van der Waals surface area contributed by atoms with Crippen LogP contribution in [0.3, 0.4) is 0 Å². The molecule has 0 aromatic heterocycles. The third-order valence-corrected chi connectivity index (χ3v) is 0.657. The molecule has 0 aliphatic rings. The molecule has 0 saturated carbocycles. The van der Waals surface area contributed by atoms with E-state index in [1.165, 1.54) is 0 Å². The van der Waals surface area contributed by atoms with Crippen LogP contribution in [0.25, 0.3) is 0 Å². The molecule has 0 heterocycles. The van der Waals surface area contributed by atoms with Crippen molar-refractivity contribution in [1.82, 2.24) is 0 Å². The van der Waals surface area contributed by atoms with Gasteiger partial charge in [0.25, 0.3) is 5.97 Å². The van der Waals surface area contributed by atoms with Gasteiger partial charge in [0.15, 0.2) is 0 Å². The van der Waals surface area contributed by atoms with Gasteiger partial charge < -0.3 is 15.3 Å². The summed E-state index contributed by atoms with van der Waals surface area (Å²) < 4.78 is 0. The molecule has 3 N–H and O–H groups in total. The summed E-state index contributed by atoms with van der Waals surface area (Å²) in [5, 5.41) is 34.0. The van der Waals surface area contributed by atoms with Crippen LogP contribution in [0.15, 0.2) is 0 Å². The Morgan fingerprint density at radius 2 is 1.75 bits per heavy atom. The van der Waals surface area contributed by atoms with E-state index in [0.29, 0.717) is 0 Å². The fourth-order valence-corrected chi connectivity index (χ4v) is 0.309. The predicted molar refractivity (Wildman–Crippen MR) is 24.2 cm³/mol. The minimum Gasteiger partial charge on any atom is -0.344 e. The molecule has 0 amide bonds. The molecule has 49 valence electrons. The average Bonchev–Trinajstić information content (AvgIpc) is 1.59. The monoisotopic (exact) mass is 121 g/mol. The molecular weight excluding hydrogens is 112 g/mol. The number of aliphatic hydroxyl groups is 3. The zero-order valence-corrected chi connectivity index (χ0v) is 4.37. The van der Waals surface area contributed by atoms with Crippen molar-refractivity contribution in [1.29, 1.82) is 0 Å². The van der Waals surface area contributed by atoms with Gasteiger partial charge in [-0.15, -0.1) is 0 Å². The second-order valence-electron chi connectivity index (χ2n) is 1.58. The van der Waals surface area contributed by atoms with Gasteiger partial charge in [0.05, 0.1) is 6.61 Å². The summed E-state index contributed by atoms with van der Waals surface area (Å²) in [6, 6.07) is 0. The molecular formula is C4H9O4. The molecule has 0 spiro atoms. The molecule has 0 bridgehead atoms. The first-order valence-corrected chi connectivity index (χ1v) is 2.31. The van der Waals surface area contributed by atoms with Crippen molar-refractivity contribution < 1.29 is 20.4 Å². The Hall–Kier alpha value is -0.160. The van der Waals surface area contributed by atoms with Gasteiger partial charge in [-0.25, -0.2) is 5.11 Å². The van der Waals surface area contributed by atoms with Crippen LogP contribution in [0, 0.1) is 0 Å². The molecule has 0 fully saturated rings. The van der Waals surface area contributed by atoms with Gasteiger partial charge in [0.1, 0.15) is 0 Å². The molecule has 0 aliphatic heterocycles. The van der Waals surface area contributed by atoms with Crippen LogP contribution in [0.4, 0.5) is 0 Å². The lowest BCUT2D eigenvalue weighted by atomic mass is 10.3. The SMILES string of the molecule is [O]CCCC(O)(O)O. The van der Waals surface area contributed by atoms with Crippen molar-refractivity contribution in [3.8, 4) is 0 Å². The Kier molecular flexibility index (Phi) is 2.93. The van der Waals surface area contributed by atoms with E-state index in [9.17, 15) is 5.11 Å². The molecule has 4 nitrogen and oxygen atoms in total. The van der Waals surface area contributed by atoms with E-state index in [1.54, 1.807) is 0 Å². The first kappa shape index (κ1) is 7.84. The minimum atomic E-state index is -2.65. The first-order valence-electron chi connectivity index (χ1n) is 2.31. The molecule has 0 aromatic carbocycles. The predicted octanol–water partition coefficient (Wildman–Crippen LogP) is -1.17. The Labute approximate surface area is 47.0 Å². The summed E-state index contributed by atoms with van der Waals surface area (Å²) in [6.45, 7) is -0.399. The quantitative estimate of drug-likeness (QED) is 0.411. The van der Waals surface area contributed by atoms with Crippen LogP contribution in [0.2, 0.25) is 0 Å². The van der Waals surface area contributed by atoms with Crippen LogP contribution >= 0.6 is 0 Å². The molecule has 0 rings (SSSR count). The van der Waals surface area contributed by atoms with Crippen LogP contribution in [-0.4, -0.2) is 27.9 Å². The van der Waals surface area contributed by atoms with Crippen molar-refractivity contribution in [3.63, 3.8) is 0 Å². The maximum atomic E-state index is 9.64. The molecule has 8 heavy (non-hydrogen) atoms. The molecule has 0 saturated heterocycles. The zero-order valence-electron chi connectivity index (χ0n) is 4.37. The van der Waals surface area contributed by atoms with Gasteiger partial charge in [-0.05, 0) is 6.42 Å². The molecule has 0 atom stereocenters. The number of hydrogen-bond acceptors (Lipinski definition) is 3. The summed E-state index contributed by atoms with van der Waals surface area (Å²) in [5.74, 6) is -2.65. The summed E-state index contributed by atoms with van der Waals surface area (Å²) in [7, 11) is 0. The minimum absolute atomic E-state index is 0.0729. The highest BCUT2D eigenvalue weighted by atomic mass is 16.7. The highest BCUT2D eigenvalue weighted by molar-refractivity contribution is 4.45. The summed E-state index contributed by atoms with van der Waals surface area (Å²) in [6.07, 6.45) is -0.208. The third kappa shape index (κ3) is 5.84. The summed E-state index contributed by atoms with van der Waals surface area (Å²) in [4.78, 5) is 0. The van der Waals surface area contributed by atoms with Gasteiger partial charge in [-0.1, -0.05) is 0 Å². The summed E-state index contributed by atoms with van der Waals surface area (Å²) >= 11 is 0. The maximum Gasteiger partial charge on any atom is 0.275 e. The van der Waals surface area contributed by atoms with E-state index < -0.39 is 12.6 Å². The fourth-order valence-electron chi connectivity index (χ4n) is 0.309. The Morgan fingerprint density at radius 3 is 1.88 bits per heavy atom. The smallest absolute Gasteiger partial charge is 0.275 e. The van der Waals surface area contributed by atoms with E-state index in [4.69, 9.17) is 15.3 Å². The van der Waals surface area contributed by atoms with E-state index >= 15 is 0 Å². The second-order valence-corrected chi connectivity index (χ2v) is 1.58. The first-order chi connectivity index (χ1) is 3.56. The molecule has 0 unspecified atom stereocenters. The van der Waals surface area contributed by atoms with Crippen LogP contribution < -0.4 is 0 Å². The zero-order chi connectivity index (χ0) is 6.62. The lowest BCUT2D eigenvalue weighted by molar-refractivity contribution is -0.315. The van der Waals surface area contributed by atoms with E-state index in [0.717, 1.165) is 0 Å². The van der Waals surface area contributed by atoms with Gasteiger partial charge in [0.2, 0.25) is 0 Å². The highest BCUT2D eigenvalue weighted by Gasteiger charge is 2.15. The largest absolute Gasteiger partial charge is 0.344 e. The Bertz CT molecular complexity index is 55.5. The third-order valence-electron chi connectivity index (χ3n) is 0.657. The topological polar surface area (TPSA) is 80.6 Å². The Balaban J connectivity index is 3.11. The van der Waals surface area contributed by atoms with E-state index in [1.807, 2.05) is 0 Å². The van der Waals surface area contributed by atoms with E-state index in [2.05, 4.69) is 0 Å². The lowest BCUT2D eigenvalue weighted by Crippen LogP contribution is -2.26. The van der Waals surface area contributed by atoms with Gasteiger partial charge in [0, 0.05) is 6.42 Å². The molecule has 4 heteroatoms. The van der Waals surface area contributed by atoms with Crippen LogP contribution in [0.5, 0.6) is 0 Å². The average molecular weight is 121 g/mol. The van der Waals surface area contributed by atoms with E-state index in [-0.39, 0.29) is 12.8 Å². The molecule has 1 radical (unpaired) electrons. The fraction of sp³-hybridized carbons (Fsp3) is 1.00. The highest BCUT2D eigenvalue weighted by Crippen LogP contribution is 2.02. The normalized spacial score (nSPS) is 12.0. The lowest BCUT2D eigenvalue weighted by Gasteiger charge is -2.11. The number of hydrogen-bond donors (Lipinski definition) is 3. The second kappa shape index (κ2) is 2.99. The molecule has 0 aromatic rings. The molecule has 0 aliphatic carbocycles. The van der Waals surface area contributed by atoms with Crippen molar-refractivity contribution >= 4 is 0 Å². The van der Waals surface area contributed by atoms with Gasteiger partial charge >= 0.3 is 0 Å². The van der Waals surface area contributed by atoms with Crippen LogP contribution in [-0.2, 0) is 5.11 Å². The Morgan fingerprint density at radius 1 is 1.25 bits per heavy atom. The van der Waals surface area contributed by atoms with Crippen molar-refractivity contribution in [2.45, 2.75) is 18.8 Å². The van der Waals surface area contributed by atoms with Crippen molar-refractivity contribution in [2.75, 3.05) is 6.61 Å². The van der Waals surface area contributed by atoms with Gasteiger partial charge in [-0.2, -0.15) is 0 Å². The van der Waals surface area contributed by atoms with Crippen molar-refractivity contribution in [2.24, 2.45) is 0 Å². The summed E-state index contributed by atoms with van der Waals surface area (Å²) in [5.41, 5.74) is 0.